The molecule has 3 N–H and O–H groups in total. The molecule has 104 heavy (non-hydrogen) atoms. The Morgan fingerprint density at radius 1 is 0.269 bits per heavy atom. The van der Waals surface area contributed by atoms with Crippen molar-refractivity contribution in [3.8, 4) is 0 Å². The van der Waals surface area contributed by atoms with Gasteiger partial charge in [0.2, 0.25) is 0 Å². The third kappa shape index (κ3) is 75.5. The van der Waals surface area contributed by atoms with Gasteiger partial charge in [0, 0.05) is 25.7 Å². The maximum atomic E-state index is 13.1. The van der Waals surface area contributed by atoms with Crippen molar-refractivity contribution >= 4 is 39.5 Å². The fraction of sp³-hybridized carbons (Fsp3) is 0.953. The molecule has 0 aliphatic carbocycles. The molecule has 0 aliphatic heterocycles. The Hall–Kier alpha value is -1.94. The first-order valence-electron chi connectivity index (χ1n) is 43.8. The average Bonchev–Trinajstić information content (AvgIpc) is 0.904. The van der Waals surface area contributed by atoms with Crippen LogP contribution in [0.25, 0.3) is 0 Å². The number of aliphatic hydroxyl groups excluding tert-OH is 1. The number of hydrogen-bond acceptors (Lipinski definition) is 15. The summed E-state index contributed by atoms with van der Waals surface area (Å²) in [5, 5.41) is 10.7. The Labute approximate surface area is 638 Å². The second-order valence-electron chi connectivity index (χ2n) is 32.0. The van der Waals surface area contributed by atoms with Gasteiger partial charge in [-0.05, 0) is 49.4 Å². The summed E-state index contributed by atoms with van der Waals surface area (Å²) >= 11 is 0. The van der Waals surface area contributed by atoms with Crippen molar-refractivity contribution in [2.75, 3.05) is 39.6 Å². The SMILES string of the molecule is CCC(C)CCCCCCCCCCCCCCCCCCCCC(=O)OC[C@H](COP(=O)(O)OCC(O)COP(=O)(O)OC[C@@H](COC(=O)CCCCCCCCCCC(C)C)OC(=O)CCCCCCCCC(C)CC)OC(=O)CCCCCCCCCCCCCCCCCCCCC(C)C. The second kappa shape index (κ2) is 73.8. The fourth-order valence-corrected chi connectivity index (χ4v) is 14.7. The lowest BCUT2D eigenvalue weighted by molar-refractivity contribution is -0.161. The predicted octanol–water partition coefficient (Wildman–Crippen LogP) is 25.6. The number of aliphatic hydroxyl groups is 1. The highest BCUT2D eigenvalue weighted by Crippen LogP contribution is 2.45. The van der Waals surface area contributed by atoms with Gasteiger partial charge in [0.15, 0.2) is 12.2 Å². The Morgan fingerprint density at radius 3 is 0.683 bits per heavy atom. The minimum absolute atomic E-state index is 0.102. The van der Waals surface area contributed by atoms with E-state index in [4.69, 9.17) is 37.0 Å². The molecule has 17 nitrogen and oxygen atoms in total. The lowest BCUT2D eigenvalue weighted by Gasteiger charge is -2.21. The van der Waals surface area contributed by atoms with Crippen LogP contribution in [-0.2, 0) is 65.4 Å². The van der Waals surface area contributed by atoms with E-state index in [0.29, 0.717) is 25.7 Å². The molecule has 0 aromatic heterocycles. The van der Waals surface area contributed by atoms with E-state index in [9.17, 15) is 43.2 Å². The molecule has 0 fully saturated rings. The maximum Gasteiger partial charge on any atom is 0.472 e. The Bertz CT molecular complexity index is 2030. The van der Waals surface area contributed by atoms with Gasteiger partial charge in [0.1, 0.15) is 19.3 Å². The number of hydrogen-bond donors (Lipinski definition) is 3. The molecule has 0 amide bonds. The van der Waals surface area contributed by atoms with Crippen LogP contribution in [0.4, 0.5) is 0 Å². The first-order valence-corrected chi connectivity index (χ1v) is 46.8. The van der Waals surface area contributed by atoms with Crippen molar-refractivity contribution in [1.82, 2.24) is 0 Å². The molecule has 5 unspecified atom stereocenters. The van der Waals surface area contributed by atoms with Crippen molar-refractivity contribution in [3.63, 3.8) is 0 Å². The van der Waals surface area contributed by atoms with E-state index in [1.165, 1.54) is 244 Å². The van der Waals surface area contributed by atoms with Crippen molar-refractivity contribution in [2.45, 2.75) is 459 Å². The van der Waals surface area contributed by atoms with Crippen LogP contribution in [-0.4, -0.2) is 96.7 Å². The van der Waals surface area contributed by atoms with Crippen LogP contribution >= 0.6 is 15.6 Å². The van der Waals surface area contributed by atoms with Gasteiger partial charge in [-0.3, -0.25) is 37.3 Å². The molecule has 0 saturated carbocycles. The standard InChI is InChI=1S/C85H166O17P2/c1-9-77(7)63-55-47-39-32-28-24-20-16-12-14-17-21-25-29-33-40-49-57-65-82(87)95-71-80(101-84(89)67-59-51-42-34-30-26-22-18-13-11-15-19-23-27-31-37-45-53-61-75(3)4)73-99-103(91,92)97-69-79(86)70-98-104(93,94)100-74-81(102-85(90)68-60-52-44-43-48-56-64-78(8)10-2)72-96-83(88)66-58-50-41-36-35-38-46-54-62-76(5)6/h75-81,86H,9-74H2,1-8H3,(H,91,92)(H,93,94)/t77?,78?,79?,80-,81-/m1/s1. The van der Waals surface area contributed by atoms with Crippen molar-refractivity contribution in [2.24, 2.45) is 23.7 Å². The quantitative estimate of drug-likeness (QED) is 0.0222. The number of ether oxygens (including phenoxy) is 4. The summed E-state index contributed by atoms with van der Waals surface area (Å²) in [7, 11) is -9.92. The first kappa shape index (κ1) is 102. The van der Waals surface area contributed by atoms with Crippen molar-refractivity contribution in [3.05, 3.63) is 0 Å². The van der Waals surface area contributed by atoms with E-state index >= 15 is 0 Å². The minimum atomic E-state index is -4.97. The fourth-order valence-electron chi connectivity index (χ4n) is 13.1. The highest BCUT2D eigenvalue weighted by molar-refractivity contribution is 7.47. The normalized spacial score (nSPS) is 14.5. The maximum absolute atomic E-state index is 13.1. The van der Waals surface area contributed by atoms with Gasteiger partial charge in [0.25, 0.3) is 0 Å². The van der Waals surface area contributed by atoms with Crippen LogP contribution < -0.4 is 0 Å². The number of carbonyl (C=O) groups is 4. The zero-order chi connectivity index (χ0) is 76.7. The van der Waals surface area contributed by atoms with Gasteiger partial charge in [-0.15, -0.1) is 0 Å². The number of rotatable bonds is 82. The Morgan fingerprint density at radius 2 is 0.462 bits per heavy atom. The smallest absolute Gasteiger partial charge is 0.462 e. The van der Waals surface area contributed by atoms with Gasteiger partial charge in [-0.2, -0.15) is 0 Å². The number of esters is 4. The van der Waals surface area contributed by atoms with Gasteiger partial charge >= 0.3 is 39.5 Å². The summed E-state index contributed by atoms with van der Waals surface area (Å²) in [6.45, 7) is 14.3. The van der Waals surface area contributed by atoms with E-state index in [2.05, 4.69) is 55.4 Å². The van der Waals surface area contributed by atoms with Gasteiger partial charge in [-0.25, -0.2) is 9.13 Å². The zero-order valence-electron chi connectivity index (χ0n) is 68.7. The lowest BCUT2D eigenvalue weighted by Crippen LogP contribution is -2.30. The van der Waals surface area contributed by atoms with E-state index in [1.807, 2.05) is 0 Å². The summed E-state index contributed by atoms with van der Waals surface area (Å²) in [4.78, 5) is 73.1. The summed E-state index contributed by atoms with van der Waals surface area (Å²) < 4.78 is 68.8. The van der Waals surface area contributed by atoms with E-state index in [0.717, 1.165) is 114 Å². The molecule has 0 aliphatic rings. The molecule has 0 heterocycles. The van der Waals surface area contributed by atoms with Crippen LogP contribution in [0.15, 0.2) is 0 Å². The topological polar surface area (TPSA) is 237 Å². The number of unbranched alkanes of at least 4 members (excludes halogenated alkanes) is 46. The molecule has 0 radical (unpaired) electrons. The molecule has 7 atom stereocenters. The van der Waals surface area contributed by atoms with E-state index in [-0.39, 0.29) is 25.7 Å². The molecule has 618 valence electrons. The predicted molar refractivity (Wildman–Crippen MR) is 428 cm³/mol. The van der Waals surface area contributed by atoms with Crippen LogP contribution in [0.3, 0.4) is 0 Å². The zero-order valence-corrected chi connectivity index (χ0v) is 70.5. The van der Waals surface area contributed by atoms with Gasteiger partial charge in [-0.1, -0.05) is 389 Å². The van der Waals surface area contributed by atoms with Gasteiger partial charge in [0.05, 0.1) is 26.4 Å². The monoisotopic (exact) mass is 1520 g/mol. The summed E-state index contributed by atoms with van der Waals surface area (Å²) in [6, 6.07) is 0. The van der Waals surface area contributed by atoms with Crippen molar-refractivity contribution < 1.29 is 80.2 Å². The molecule has 0 aromatic rings. The Kier molecular flexibility index (Phi) is 72.5. The summed E-state index contributed by atoms with van der Waals surface area (Å²) in [6.07, 6.45) is 62.7. The minimum Gasteiger partial charge on any atom is -0.462 e. The van der Waals surface area contributed by atoms with E-state index < -0.39 is 97.5 Å². The van der Waals surface area contributed by atoms with Crippen LogP contribution in [0.1, 0.15) is 441 Å². The Balaban J connectivity index is 5.19. The summed E-state index contributed by atoms with van der Waals surface area (Å²) in [5.74, 6) is 1.03. The van der Waals surface area contributed by atoms with Crippen LogP contribution in [0, 0.1) is 23.7 Å². The summed E-state index contributed by atoms with van der Waals surface area (Å²) in [5.41, 5.74) is 0. The molecule has 0 aromatic carbocycles. The molecule has 0 rings (SSSR count). The van der Waals surface area contributed by atoms with Crippen LogP contribution in [0.2, 0.25) is 0 Å². The number of phosphoric acid groups is 2. The average molecular weight is 1520 g/mol. The number of carbonyl (C=O) groups excluding carboxylic acids is 4. The number of phosphoric ester groups is 2. The molecule has 19 heteroatoms. The molecular formula is C85H166O17P2. The van der Waals surface area contributed by atoms with E-state index in [1.54, 1.807) is 0 Å². The lowest BCUT2D eigenvalue weighted by atomic mass is 9.99. The highest BCUT2D eigenvalue weighted by atomic mass is 31.2. The molecule has 0 bridgehead atoms. The van der Waals surface area contributed by atoms with Gasteiger partial charge < -0.3 is 33.8 Å². The molecule has 0 saturated heterocycles. The molecular weight excluding hydrogens is 1350 g/mol. The third-order valence-electron chi connectivity index (χ3n) is 20.5. The first-order chi connectivity index (χ1) is 50.2. The largest absolute Gasteiger partial charge is 0.472 e. The third-order valence-corrected chi connectivity index (χ3v) is 22.4. The second-order valence-corrected chi connectivity index (χ2v) is 34.9. The highest BCUT2D eigenvalue weighted by Gasteiger charge is 2.30. The van der Waals surface area contributed by atoms with Crippen molar-refractivity contribution in [1.29, 1.82) is 0 Å². The van der Waals surface area contributed by atoms with Crippen LogP contribution in [0.5, 0.6) is 0 Å². The molecule has 0 spiro atoms.